The van der Waals surface area contributed by atoms with Gasteiger partial charge in [-0.2, -0.15) is 0 Å². The quantitative estimate of drug-likeness (QED) is 0.798. The standard InChI is InChI=1S/C14H19NO2/c16-7-13-14-11(6-15-13)12(14)9-17-8-10-4-2-1-3-5-10/h1-5,11-16H,6-9H2/t11-,12-,13-,14+/m1/s1. The highest BCUT2D eigenvalue weighted by Gasteiger charge is 2.57. The summed E-state index contributed by atoms with van der Waals surface area (Å²) >= 11 is 0. The van der Waals surface area contributed by atoms with Gasteiger partial charge >= 0.3 is 0 Å². The van der Waals surface area contributed by atoms with E-state index in [0.29, 0.717) is 24.5 Å². The number of aliphatic hydroxyl groups excluding tert-OH is 1. The number of benzene rings is 1. The summed E-state index contributed by atoms with van der Waals surface area (Å²) in [7, 11) is 0. The Morgan fingerprint density at radius 3 is 2.88 bits per heavy atom. The van der Waals surface area contributed by atoms with Crippen LogP contribution in [-0.2, 0) is 11.3 Å². The molecule has 1 aromatic rings. The van der Waals surface area contributed by atoms with Gasteiger partial charge in [0, 0.05) is 6.04 Å². The van der Waals surface area contributed by atoms with Crippen LogP contribution in [0.5, 0.6) is 0 Å². The van der Waals surface area contributed by atoms with Gasteiger partial charge in [-0.25, -0.2) is 0 Å². The Balaban J connectivity index is 1.42. The zero-order valence-electron chi connectivity index (χ0n) is 9.88. The van der Waals surface area contributed by atoms with Crippen LogP contribution in [0.3, 0.4) is 0 Å². The van der Waals surface area contributed by atoms with Crippen molar-refractivity contribution in [1.29, 1.82) is 0 Å². The molecule has 0 bridgehead atoms. The maximum atomic E-state index is 9.18. The summed E-state index contributed by atoms with van der Waals surface area (Å²) in [4.78, 5) is 0. The van der Waals surface area contributed by atoms with Crippen molar-refractivity contribution in [2.45, 2.75) is 12.6 Å². The average Bonchev–Trinajstić information content (AvgIpc) is 2.88. The fourth-order valence-electron chi connectivity index (χ4n) is 3.09. The molecule has 0 spiro atoms. The number of nitrogens with one attached hydrogen (secondary N) is 1. The fraction of sp³-hybridized carbons (Fsp3) is 0.571. The van der Waals surface area contributed by atoms with E-state index < -0.39 is 0 Å². The van der Waals surface area contributed by atoms with Crippen LogP contribution in [-0.4, -0.2) is 30.9 Å². The van der Waals surface area contributed by atoms with Gasteiger partial charge in [0.05, 0.1) is 19.8 Å². The van der Waals surface area contributed by atoms with Crippen LogP contribution in [0.15, 0.2) is 30.3 Å². The number of ether oxygens (including phenoxy) is 1. The number of fused-ring (bicyclic) bond motifs is 1. The topological polar surface area (TPSA) is 41.5 Å². The van der Waals surface area contributed by atoms with E-state index in [4.69, 9.17) is 4.74 Å². The highest BCUT2D eigenvalue weighted by Crippen LogP contribution is 2.51. The lowest BCUT2D eigenvalue weighted by Gasteiger charge is -2.13. The van der Waals surface area contributed by atoms with E-state index in [1.807, 2.05) is 18.2 Å². The Bertz CT molecular complexity index is 368. The molecule has 92 valence electrons. The lowest BCUT2D eigenvalue weighted by molar-refractivity contribution is 0.0989. The summed E-state index contributed by atoms with van der Waals surface area (Å²) in [5.41, 5.74) is 1.23. The van der Waals surface area contributed by atoms with Gasteiger partial charge in [-0.3, -0.25) is 0 Å². The smallest absolute Gasteiger partial charge is 0.0717 e. The van der Waals surface area contributed by atoms with Crippen molar-refractivity contribution >= 4 is 0 Å². The molecule has 3 nitrogen and oxygen atoms in total. The summed E-state index contributed by atoms with van der Waals surface area (Å²) in [6.45, 7) is 2.85. The van der Waals surface area contributed by atoms with E-state index in [1.165, 1.54) is 5.56 Å². The second-order valence-corrected chi connectivity index (χ2v) is 5.10. The van der Waals surface area contributed by atoms with Crippen molar-refractivity contribution in [1.82, 2.24) is 5.32 Å². The van der Waals surface area contributed by atoms with E-state index in [9.17, 15) is 5.11 Å². The second kappa shape index (κ2) is 4.77. The van der Waals surface area contributed by atoms with Crippen molar-refractivity contribution < 1.29 is 9.84 Å². The third-order valence-electron chi connectivity index (χ3n) is 4.10. The van der Waals surface area contributed by atoms with Crippen molar-refractivity contribution in [2.24, 2.45) is 17.8 Å². The van der Waals surface area contributed by atoms with Crippen LogP contribution in [0.2, 0.25) is 0 Å². The predicted octanol–water partition coefficient (Wildman–Crippen LogP) is 1.03. The maximum Gasteiger partial charge on any atom is 0.0717 e. The van der Waals surface area contributed by atoms with Gasteiger partial charge in [0.2, 0.25) is 0 Å². The molecule has 1 saturated heterocycles. The Morgan fingerprint density at radius 1 is 1.29 bits per heavy atom. The summed E-state index contributed by atoms with van der Waals surface area (Å²) < 4.78 is 5.76. The molecule has 3 heteroatoms. The van der Waals surface area contributed by atoms with E-state index in [1.54, 1.807) is 0 Å². The molecule has 0 unspecified atom stereocenters. The molecule has 2 fully saturated rings. The first-order chi connectivity index (χ1) is 8.40. The largest absolute Gasteiger partial charge is 0.395 e. The Kier molecular flexibility index (Phi) is 3.14. The Labute approximate surface area is 102 Å². The molecule has 1 saturated carbocycles. The molecule has 1 aliphatic carbocycles. The second-order valence-electron chi connectivity index (χ2n) is 5.10. The predicted molar refractivity (Wildman–Crippen MR) is 65.4 cm³/mol. The van der Waals surface area contributed by atoms with Crippen LogP contribution >= 0.6 is 0 Å². The SMILES string of the molecule is OC[C@H]1NC[C@@H]2[C@@H](COCc3ccccc3)[C@H]21. The number of rotatable bonds is 5. The van der Waals surface area contributed by atoms with Gasteiger partial charge in [-0.05, 0) is 29.9 Å². The van der Waals surface area contributed by atoms with Crippen LogP contribution in [0.1, 0.15) is 5.56 Å². The summed E-state index contributed by atoms with van der Waals surface area (Å²) in [5.74, 6) is 2.05. The summed E-state index contributed by atoms with van der Waals surface area (Å²) in [6.07, 6.45) is 0. The highest BCUT2D eigenvalue weighted by molar-refractivity contribution is 5.13. The summed E-state index contributed by atoms with van der Waals surface area (Å²) in [5, 5.41) is 12.5. The first-order valence-electron chi connectivity index (χ1n) is 6.36. The van der Waals surface area contributed by atoms with Gasteiger partial charge in [0.25, 0.3) is 0 Å². The molecule has 0 amide bonds. The Morgan fingerprint density at radius 2 is 2.12 bits per heavy atom. The van der Waals surface area contributed by atoms with Crippen LogP contribution in [0.4, 0.5) is 0 Å². The number of piperidine rings is 1. The van der Waals surface area contributed by atoms with Gasteiger partial charge in [-0.15, -0.1) is 0 Å². The lowest BCUT2D eigenvalue weighted by atomic mass is 10.2. The van der Waals surface area contributed by atoms with Crippen molar-refractivity contribution in [2.75, 3.05) is 19.8 Å². The molecule has 2 N–H and O–H groups in total. The molecule has 1 heterocycles. The molecule has 0 aromatic heterocycles. The molecular weight excluding hydrogens is 214 g/mol. The molecular formula is C14H19NO2. The number of hydrogen-bond donors (Lipinski definition) is 2. The van der Waals surface area contributed by atoms with Crippen LogP contribution in [0, 0.1) is 17.8 Å². The normalized spacial score (nSPS) is 34.6. The third-order valence-corrected chi connectivity index (χ3v) is 4.10. The Hall–Kier alpha value is -0.900. The van der Waals surface area contributed by atoms with Crippen molar-refractivity contribution in [3.05, 3.63) is 35.9 Å². The monoisotopic (exact) mass is 233 g/mol. The minimum absolute atomic E-state index is 0.260. The van der Waals surface area contributed by atoms with Gasteiger partial charge in [-0.1, -0.05) is 30.3 Å². The van der Waals surface area contributed by atoms with Gasteiger partial charge < -0.3 is 15.2 Å². The molecule has 17 heavy (non-hydrogen) atoms. The maximum absolute atomic E-state index is 9.18. The summed E-state index contributed by atoms with van der Waals surface area (Å²) in [6, 6.07) is 10.6. The number of hydrogen-bond acceptors (Lipinski definition) is 3. The van der Waals surface area contributed by atoms with E-state index in [2.05, 4.69) is 17.4 Å². The number of aliphatic hydroxyl groups is 1. The molecule has 2 aliphatic rings. The average molecular weight is 233 g/mol. The highest BCUT2D eigenvalue weighted by atomic mass is 16.5. The van der Waals surface area contributed by atoms with Crippen LogP contribution in [0.25, 0.3) is 0 Å². The van der Waals surface area contributed by atoms with Gasteiger partial charge in [0.1, 0.15) is 0 Å². The fourth-order valence-corrected chi connectivity index (χ4v) is 3.09. The zero-order valence-corrected chi connectivity index (χ0v) is 9.88. The van der Waals surface area contributed by atoms with E-state index >= 15 is 0 Å². The van der Waals surface area contributed by atoms with Crippen molar-refractivity contribution in [3.8, 4) is 0 Å². The molecule has 3 rings (SSSR count). The van der Waals surface area contributed by atoms with Crippen LogP contribution < -0.4 is 5.32 Å². The first-order valence-corrected chi connectivity index (χ1v) is 6.36. The first kappa shape index (κ1) is 11.2. The lowest BCUT2D eigenvalue weighted by Crippen LogP contribution is -2.32. The molecule has 1 aliphatic heterocycles. The zero-order chi connectivity index (χ0) is 11.7. The third kappa shape index (κ3) is 2.23. The molecule has 0 radical (unpaired) electrons. The minimum Gasteiger partial charge on any atom is -0.395 e. The van der Waals surface area contributed by atoms with Crippen molar-refractivity contribution in [3.63, 3.8) is 0 Å². The minimum atomic E-state index is 0.260. The van der Waals surface area contributed by atoms with E-state index in [0.717, 1.165) is 19.1 Å². The molecule has 4 atom stereocenters. The van der Waals surface area contributed by atoms with Gasteiger partial charge in [0.15, 0.2) is 0 Å². The molecule has 1 aromatic carbocycles. The van der Waals surface area contributed by atoms with E-state index in [-0.39, 0.29) is 6.61 Å².